The van der Waals surface area contributed by atoms with E-state index in [0.29, 0.717) is 0 Å². The fourth-order valence-corrected chi connectivity index (χ4v) is 2.64. The molecule has 4 heteroatoms. The lowest BCUT2D eigenvalue weighted by molar-refractivity contribution is 0.204. The molecule has 2 aliphatic carbocycles. The highest BCUT2D eigenvalue weighted by molar-refractivity contribution is 7.86. The molecule has 2 fully saturated rings. The molecule has 3 nitrogen and oxygen atoms in total. The summed E-state index contributed by atoms with van der Waals surface area (Å²) >= 11 is 0. The summed E-state index contributed by atoms with van der Waals surface area (Å²) in [5, 5.41) is 0. The molecule has 0 aromatic rings. The van der Waals surface area contributed by atoms with E-state index in [1.807, 2.05) is 0 Å². The van der Waals surface area contributed by atoms with E-state index in [0.717, 1.165) is 30.9 Å². The monoisotopic (exact) mass is 176 g/mol. The van der Waals surface area contributed by atoms with Gasteiger partial charge in [-0.1, -0.05) is 0 Å². The standard InChI is InChI=1S/C7H12O3S/c1-11(8,9)10-7-3-5-2-6(5)4-7/h5-7H,2-4H2,1H3/t5-,6+,7+. The Morgan fingerprint density at radius 3 is 2.18 bits per heavy atom. The number of fused-ring (bicyclic) bond motifs is 1. The first-order valence-corrected chi connectivity index (χ1v) is 5.74. The molecule has 64 valence electrons. The molecule has 0 spiro atoms. The number of rotatable bonds is 2. The molecule has 0 radical (unpaired) electrons. The lowest BCUT2D eigenvalue weighted by atomic mass is 10.2. The van der Waals surface area contributed by atoms with Gasteiger partial charge in [0.25, 0.3) is 10.1 Å². The lowest BCUT2D eigenvalue weighted by Gasteiger charge is -2.09. The topological polar surface area (TPSA) is 43.4 Å². The predicted octanol–water partition coefficient (Wildman–Crippen LogP) is 0.761. The van der Waals surface area contributed by atoms with Crippen molar-refractivity contribution in [2.24, 2.45) is 11.8 Å². The molecule has 0 aliphatic heterocycles. The van der Waals surface area contributed by atoms with Gasteiger partial charge in [0.2, 0.25) is 0 Å². The smallest absolute Gasteiger partial charge is 0.264 e. The maximum absolute atomic E-state index is 10.7. The van der Waals surface area contributed by atoms with Crippen LogP contribution in [0.4, 0.5) is 0 Å². The Morgan fingerprint density at radius 2 is 1.73 bits per heavy atom. The van der Waals surface area contributed by atoms with Gasteiger partial charge < -0.3 is 0 Å². The summed E-state index contributed by atoms with van der Waals surface area (Å²) in [6.45, 7) is 0. The molecule has 0 aromatic heterocycles. The first-order chi connectivity index (χ1) is 5.04. The molecule has 0 unspecified atom stereocenters. The Bertz CT molecular complexity index is 247. The molecule has 2 aliphatic rings. The lowest BCUT2D eigenvalue weighted by Crippen LogP contribution is -2.15. The molecule has 0 N–H and O–H groups in total. The molecule has 0 aromatic carbocycles. The maximum atomic E-state index is 10.7. The summed E-state index contributed by atoms with van der Waals surface area (Å²) < 4.78 is 26.2. The van der Waals surface area contributed by atoms with Gasteiger partial charge in [-0.25, -0.2) is 0 Å². The van der Waals surface area contributed by atoms with Crippen molar-refractivity contribution < 1.29 is 12.6 Å². The van der Waals surface area contributed by atoms with Crippen LogP contribution in [0.1, 0.15) is 19.3 Å². The molecule has 3 atom stereocenters. The quantitative estimate of drug-likeness (QED) is 0.583. The van der Waals surface area contributed by atoms with E-state index in [9.17, 15) is 8.42 Å². The van der Waals surface area contributed by atoms with Crippen LogP contribution in [0, 0.1) is 11.8 Å². The largest absolute Gasteiger partial charge is 0.267 e. The van der Waals surface area contributed by atoms with Crippen LogP contribution in [0.25, 0.3) is 0 Å². The highest BCUT2D eigenvalue weighted by Gasteiger charge is 2.47. The van der Waals surface area contributed by atoms with Gasteiger partial charge >= 0.3 is 0 Å². The highest BCUT2D eigenvalue weighted by Crippen LogP contribution is 2.52. The van der Waals surface area contributed by atoms with Crippen molar-refractivity contribution in [1.29, 1.82) is 0 Å². The first-order valence-electron chi connectivity index (χ1n) is 3.93. The Labute approximate surface area is 66.9 Å². The van der Waals surface area contributed by atoms with Gasteiger partial charge in [0.05, 0.1) is 12.4 Å². The van der Waals surface area contributed by atoms with Crippen molar-refractivity contribution >= 4 is 10.1 Å². The number of hydrogen-bond donors (Lipinski definition) is 0. The van der Waals surface area contributed by atoms with Crippen molar-refractivity contribution in [3.05, 3.63) is 0 Å². The highest BCUT2D eigenvalue weighted by atomic mass is 32.2. The normalized spacial score (nSPS) is 42.1. The molecule has 0 amide bonds. The van der Waals surface area contributed by atoms with Crippen molar-refractivity contribution in [2.45, 2.75) is 25.4 Å². The summed E-state index contributed by atoms with van der Waals surface area (Å²) in [5.41, 5.74) is 0. The average Bonchev–Trinajstić information content (AvgIpc) is 2.36. The van der Waals surface area contributed by atoms with E-state index in [2.05, 4.69) is 0 Å². The predicted molar refractivity (Wildman–Crippen MR) is 40.5 cm³/mol. The molecule has 11 heavy (non-hydrogen) atoms. The second-order valence-electron chi connectivity index (χ2n) is 3.65. The van der Waals surface area contributed by atoms with Gasteiger partial charge in [0.1, 0.15) is 0 Å². The minimum atomic E-state index is -3.21. The van der Waals surface area contributed by atoms with Crippen LogP contribution < -0.4 is 0 Å². The van der Waals surface area contributed by atoms with Crippen molar-refractivity contribution in [3.63, 3.8) is 0 Å². The average molecular weight is 176 g/mol. The zero-order valence-corrected chi connectivity index (χ0v) is 7.30. The summed E-state index contributed by atoms with van der Waals surface area (Å²) in [6.07, 6.45) is 4.32. The Kier molecular flexibility index (Phi) is 1.51. The summed E-state index contributed by atoms with van der Waals surface area (Å²) in [7, 11) is -3.21. The molecular formula is C7H12O3S. The van der Waals surface area contributed by atoms with Gasteiger partial charge in [-0.3, -0.25) is 4.18 Å². The molecule has 2 rings (SSSR count). The molecular weight excluding hydrogens is 164 g/mol. The van der Waals surface area contributed by atoms with Crippen LogP contribution >= 0.6 is 0 Å². The van der Waals surface area contributed by atoms with E-state index in [1.54, 1.807) is 0 Å². The van der Waals surface area contributed by atoms with Crippen LogP contribution in [0.15, 0.2) is 0 Å². The third-order valence-corrected chi connectivity index (χ3v) is 3.13. The van der Waals surface area contributed by atoms with E-state index < -0.39 is 10.1 Å². The van der Waals surface area contributed by atoms with E-state index in [-0.39, 0.29) is 6.10 Å². The SMILES string of the molecule is CS(=O)(=O)O[C@@H]1C[C@@H]2C[C@@H]2C1. The second-order valence-corrected chi connectivity index (χ2v) is 5.25. The molecule has 0 heterocycles. The fraction of sp³-hybridized carbons (Fsp3) is 1.00. The van der Waals surface area contributed by atoms with Crippen LogP contribution in [-0.2, 0) is 14.3 Å². The molecule has 0 bridgehead atoms. The van der Waals surface area contributed by atoms with Crippen LogP contribution in [0.2, 0.25) is 0 Å². The van der Waals surface area contributed by atoms with Crippen LogP contribution in [0.3, 0.4) is 0 Å². The first kappa shape index (κ1) is 7.55. The third-order valence-electron chi connectivity index (χ3n) is 2.51. The van der Waals surface area contributed by atoms with Gasteiger partial charge in [-0.15, -0.1) is 0 Å². The van der Waals surface area contributed by atoms with E-state index >= 15 is 0 Å². The fourth-order valence-electron chi connectivity index (χ4n) is 1.98. The Morgan fingerprint density at radius 1 is 1.18 bits per heavy atom. The zero-order valence-electron chi connectivity index (χ0n) is 6.49. The van der Waals surface area contributed by atoms with Crippen LogP contribution in [-0.4, -0.2) is 20.8 Å². The van der Waals surface area contributed by atoms with Crippen molar-refractivity contribution in [1.82, 2.24) is 0 Å². The second kappa shape index (κ2) is 2.20. The Balaban J connectivity index is 1.89. The Hall–Kier alpha value is -0.0900. The van der Waals surface area contributed by atoms with Gasteiger partial charge in [0, 0.05) is 0 Å². The summed E-state index contributed by atoms with van der Waals surface area (Å²) in [4.78, 5) is 0. The van der Waals surface area contributed by atoms with E-state index in [1.165, 1.54) is 6.42 Å². The minimum Gasteiger partial charge on any atom is -0.267 e. The summed E-state index contributed by atoms with van der Waals surface area (Å²) in [6, 6.07) is 0. The summed E-state index contributed by atoms with van der Waals surface area (Å²) in [5.74, 6) is 1.56. The zero-order chi connectivity index (χ0) is 8.06. The molecule has 2 saturated carbocycles. The van der Waals surface area contributed by atoms with Gasteiger partial charge in [-0.05, 0) is 31.1 Å². The molecule has 0 saturated heterocycles. The minimum absolute atomic E-state index is 0.00579. The van der Waals surface area contributed by atoms with E-state index in [4.69, 9.17) is 4.18 Å². The van der Waals surface area contributed by atoms with Crippen LogP contribution in [0.5, 0.6) is 0 Å². The maximum Gasteiger partial charge on any atom is 0.264 e. The van der Waals surface area contributed by atoms with Gasteiger partial charge in [-0.2, -0.15) is 8.42 Å². The van der Waals surface area contributed by atoms with Crippen molar-refractivity contribution in [3.8, 4) is 0 Å². The third kappa shape index (κ3) is 1.73. The van der Waals surface area contributed by atoms with Gasteiger partial charge in [0.15, 0.2) is 0 Å². The van der Waals surface area contributed by atoms with Crippen molar-refractivity contribution in [2.75, 3.05) is 6.26 Å². The number of hydrogen-bond acceptors (Lipinski definition) is 3.